The molecule has 1 fully saturated rings. The van der Waals surface area contributed by atoms with Crippen molar-refractivity contribution in [3.8, 4) is 0 Å². The molecule has 0 aromatic heterocycles. The van der Waals surface area contributed by atoms with E-state index in [1.807, 2.05) is 44.2 Å². The molecule has 2 nitrogen and oxygen atoms in total. The number of hydrogen-bond donors (Lipinski definition) is 0. The predicted octanol–water partition coefficient (Wildman–Crippen LogP) is 2.74. The van der Waals surface area contributed by atoms with Gasteiger partial charge in [-0.15, -0.1) is 0 Å². The van der Waals surface area contributed by atoms with Crippen molar-refractivity contribution in [3.05, 3.63) is 35.9 Å². The van der Waals surface area contributed by atoms with Gasteiger partial charge >= 0.3 is 0 Å². The molecule has 15 heavy (non-hydrogen) atoms. The van der Waals surface area contributed by atoms with Gasteiger partial charge in [-0.3, -0.25) is 4.79 Å². The zero-order chi connectivity index (χ0) is 10.8. The van der Waals surface area contributed by atoms with Crippen LogP contribution in [0.3, 0.4) is 0 Å². The van der Waals surface area contributed by atoms with Crippen LogP contribution >= 0.6 is 0 Å². The Balaban J connectivity index is 2.00. The number of Topliss-reactive ketones (excluding diaryl/α,β-unsaturated/α-hetero) is 1. The van der Waals surface area contributed by atoms with Gasteiger partial charge in [0.15, 0.2) is 5.78 Å². The van der Waals surface area contributed by atoms with Gasteiger partial charge in [0, 0.05) is 5.92 Å². The second-order valence-electron chi connectivity index (χ2n) is 4.10. The molecule has 1 aromatic carbocycles. The standard InChI is InChI=1S/C13H16O2/c1-3-9(2)11(14)13-12(15-13)10-7-5-4-6-8-10/h4-9,12-13H,3H2,1-2H3. The lowest BCUT2D eigenvalue weighted by atomic mass is 9.98. The second kappa shape index (κ2) is 4.15. The maximum Gasteiger partial charge on any atom is 0.167 e. The molecule has 0 saturated carbocycles. The van der Waals surface area contributed by atoms with E-state index in [-0.39, 0.29) is 23.9 Å². The molecule has 1 heterocycles. The van der Waals surface area contributed by atoms with Gasteiger partial charge in [-0.05, 0) is 12.0 Å². The minimum absolute atomic E-state index is 0.00713. The van der Waals surface area contributed by atoms with Crippen LogP contribution in [0.2, 0.25) is 0 Å². The van der Waals surface area contributed by atoms with Crippen LogP contribution in [0, 0.1) is 5.92 Å². The number of rotatable bonds is 4. The van der Waals surface area contributed by atoms with Crippen molar-refractivity contribution in [3.63, 3.8) is 0 Å². The lowest BCUT2D eigenvalue weighted by Gasteiger charge is -2.03. The zero-order valence-electron chi connectivity index (χ0n) is 9.14. The molecular weight excluding hydrogens is 188 g/mol. The third-order valence-corrected chi connectivity index (χ3v) is 3.00. The topological polar surface area (TPSA) is 29.6 Å². The molecule has 1 aliphatic heterocycles. The zero-order valence-corrected chi connectivity index (χ0v) is 9.14. The fraction of sp³-hybridized carbons (Fsp3) is 0.462. The van der Waals surface area contributed by atoms with Gasteiger partial charge in [-0.2, -0.15) is 0 Å². The molecule has 0 radical (unpaired) electrons. The van der Waals surface area contributed by atoms with E-state index in [1.165, 1.54) is 0 Å². The normalized spacial score (nSPS) is 26.0. The third-order valence-electron chi connectivity index (χ3n) is 3.00. The third kappa shape index (κ3) is 2.10. The first-order valence-corrected chi connectivity index (χ1v) is 5.48. The number of carbonyl (C=O) groups excluding carboxylic acids is 1. The van der Waals surface area contributed by atoms with Crippen LogP contribution in [0.1, 0.15) is 31.9 Å². The smallest absolute Gasteiger partial charge is 0.167 e. The van der Waals surface area contributed by atoms with Crippen LogP contribution in [-0.2, 0) is 9.53 Å². The van der Waals surface area contributed by atoms with E-state index >= 15 is 0 Å². The number of ketones is 1. The van der Waals surface area contributed by atoms with E-state index < -0.39 is 0 Å². The average molecular weight is 204 g/mol. The van der Waals surface area contributed by atoms with Crippen LogP contribution in [-0.4, -0.2) is 11.9 Å². The quantitative estimate of drug-likeness (QED) is 0.706. The van der Waals surface area contributed by atoms with Crippen LogP contribution in [0.4, 0.5) is 0 Å². The Morgan fingerprint density at radius 1 is 1.40 bits per heavy atom. The van der Waals surface area contributed by atoms with Crippen molar-refractivity contribution in [2.75, 3.05) is 0 Å². The van der Waals surface area contributed by atoms with Crippen molar-refractivity contribution in [2.24, 2.45) is 5.92 Å². The Hall–Kier alpha value is -1.15. The summed E-state index contributed by atoms with van der Waals surface area (Å²) in [6, 6.07) is 9.93. The van der Waals surface area contributed by atoms with Gasteiger partial charge in [0.05, 0.1) is 0 Å². The van der Waals surface area contributed by atoms with Gasteiger partial charge in [-0.25, -0.2) is 0 Å². The van der Waals surface area contributed by atoms with Gasteiger partial charge < -0.3 is 4.74 Å². The van der Waals surface area contributed by atoms with E-state index in [2.05, 4.69) is 0 Å². The maximum absolute atomic E-state index is 11.8. The Morgan fingerprint density at radius 2 is 2.07 bits per heavy atom. The molecule has 2 rings (SSSR count). The van der Waals surface area contributed by atoms with E-state index in [1.54, 1.807) is 0 Å². The number of epoxide rings is 1. The summed E-state index contributed by atoms with van der Waals surface area (Å²) in [5.74, 6) is 0.357. The maximum atomic E-state index is 11.8. The molecule has 3 unspecified atom stereocenters. The van der Waals surface area contributed by atoms with Crippen molar-refractivity contribution in [2.45, 2.75) is 32.5 Å². The van der Waals surface area contributed by atoms with E-state index in [0.717, 1.165) is 12.0 Å². The number of hydrogen-bond acceptors (Lipinski definition) is 2. The first kappa shape index (κ1) is 10.4. The van der Waals surface area contributed by atoms with Crippen LogP contribution in [0.15, 0.2) is 30.3 Å². The van der Waals surface area contributed by atoms with Gasteiger partial charge in [-0.1, -0.05) is 44.2 Å². The summed E-state index contributed by atoms with van der Waals surface area (Å²) in [6.45, 7) is 3.99. The first-order chi connectivity index (χ1) is 7.24. The highest BCUT2D eigenvalue weighted by Crippen LogP contribution is 2.40. The Bertz CT molecular complexity index is 345. The number of benzene rings is 1. The predicted molar refractivity (Wildman–Crippen MR) is 58.5 cm³/mol. The van der Waals surface area contributed by atoms with E-state index in [9.17, 15) is 4.79 Å². The molecule has 0 N–H and O–H groups in total. The molecule has 0 spiro atoms. The Morgan fingerprint density at radius 3 is 2.67 bits per heavy atom. The summed E-state index contributed by atoms with van der Waals surface area (Å²) in [4.78, 5) is 11.8. The Kier molecular flexibility index (Phi) is 2.87. The highest BCUT2D eigenvalue weighted by molar-refractivity contribution is 5.88. The summed E-state index contributed by atoms with van der Waals surface area (Å²) in [7, 11) is 0. The first-order valence-electron chi connectivity index (χ1n) is 5.48. The molecule has 2 heteroatoms. The van der Waals surface area contributed by atoms with Crippen molar-refractivity contribution in [1.29, 1.82) is 0 Å². The SMILES string of the molecule is CCC(C)C(=O)C1OC1c1ccccc1. The molecule has 0 amide bonds. The average Bonchev–Trinajstić information content (AvgIpc) is 3.08. The van der Waals surface area contributed by atoms with Crippen LogP contribution in [0.5, 0.6) is 0 Å². The molecule has 0 bridgehead atoms. The molecule has 1 aromatic rings. The van der Waals surface area contributed by atoms with Gasteiger partial charge in [0.25, 0.3) is 0 Å². The second-order valence-corrected chi connectivity index (χ2v) is 4.10. The molecular formula is C13H16O2. The lowest BCUT2D eigenvalue weighted by Crippen LogP contribution is -2.16. The van der Waals surface area contributed by atoms with Crippen molar-refractivity contribution >= 4 is 5.78 Å². The number of carbonyl (C=O) groups is 1. The minimum Gasteiger partial charge on any atom is -0.356 e. The molecule has 0 aliphatic carbocycles. The summed E-state index contributed by atoms with van der Waals surface area (Å²) in [6.07, 6.45) is 0.704. The van der Waals surface area contributed by atoms with Crippen LogP contribution in [0.25, 0.3) is 0 Å². The van der Waals surface area contributed by atoms with E-state index in [4.69, 9.17) is 4.74 Å². The monoisotopic (exact) mass is 204 g/mol. The van der Waals surface area contributed by atoms with Crippen LogP contribution < -0.4 is 0 Å². The highest BCUT2D eigenvalue weighted by Gasteiger charge is 2.46. The molecule has 3 atom stereocenters. The summed E-state index contributed by atoms with van der Waals surface area (Å²) in [5.41, 5.74) is 1.11. The Labute approximate surface area is 90.3 Å². The molecule has 1 saturated heterocycles. The fourth-order valence-electron chi connectivity index (χ4n) is 1.71. The van der Waals surface area contributed by atoms with Gasteiger partial charge in [0.1, 0.15) is 12.2 Å². The largest absolute Gasteiger partial charge is 0.356 e. The van der Waals surface area contributed by atoms with Crippen molar-refractivity contribution < 1.29 is 9.53 Å². The summed E-state index contributed by atoms with van der Waals surface area (Å²) in [5, 5.41) is 0. The fourth-order valence-corrected chi connectivity index (χ4v) is 1.71. The van der Waals surface area contributed by atoms with Crippen molar-refractivity contribution in [1.82, 2.24) is 0 Å². The molecule has 1 aliphatic rings. The highest BCUT2D eigenvalue weighted by atomic mass is 16.6. The number of ether oxygens (including phenoxy) is 1. The van der Waals surface area contributed by atoms with E-state index in [0.29, 0.717) is 0 Å². The molecule has 80 valence electrons. The van der Waals surface area contributed by atoms with Gasteiger partial charge in [0.2, 0.25) is 0 Å². The minimum atomic E-state index is -0.192. The lowest BCUT2D eigenvalue weighted by molar-refractivity contribution is -0.123. The summed E-state index contributed by atoms with van der Waals surface area (Å²) < 4.78 is 5.44. The summed E-state index contributed by atoms with van der Waals surface area (Å²) >= 11 is 0.